The minimum Gasteiger partial charge on any atom is -0.358 e. The number of aryl methyl sites for hydroxylation is 1. The Morgan fingerprint density at radius 3 is 2.75 bits per heavy atom. The maximum Gasteiger partial charge on any atom is 0.256 e. The van der Waals surface area contributed by atoms with E-state index in [9.17, 15) is 9.18 Å². The SMILES string of the molecule is Cc1[nH]c2cc(F)ccc2c1C(=O)N1CCC(C)CC1. The van der Waals surface area contributed by atoms with E-state index in [1.54, 1.807) is 6.07 Å². The number of carbonyl (C=O) groups excluding carboxylic acids is 1. The molecule has 0 unspecified atom stereocenters. The number of fused-ring (bicyclic) bond motifs is 1. The third-order valence-electron chi connectivity index (χ3n) is 4.23. The number of amides is 1. The lowest BCUT2D eigenvalue weighted by Crippen LogP contribution is -2.38. The molecule has 1 aliphatic rings. The van der Waals surface area contributed by atoms with Gasteiger partial charge in [-0.05, 0) is 43.9 Å². The number of piperidine rings is 1. The smallest absolute Gasteiger partial charge is 0.256 e. The summed E-state index contributed by atoms with van der Waals surface area (Å²) < 4.78 is 13.3. The minimum atomic E-state index is -0.287. The summed E-state index contributed by atoms with van der Waals surface area (Å²) in [6, 6.07) is 4.54. The van der Waals surface area contributed by atoms with Crippen LogP contribution in [-0.4, -0.2) is 28.9 Å². The Kier molecular flexibility index (Phi) is 3.24. The van der Waals surface area contributed by atoms with Crippen molar-refractivity contribution >= 4 is 16.8 Å². The average Bonchev–Trinajstić information content (AvgIpc) is 2.73. The van der Waals surface area contributed by atoms with Gasteiger partial charge in [-0.25, -0.2) is 4.39 Å². The summed E-state index contributed by atoms with van der Waals surface area (Å²) in [5.41, 5.74) is 2.19. The van der Waals surface area contributed by atoms with Crippen molar-refractivity contribution in [3.05, 3.63) is 35.3 Å². The van der Waals surface area contributed by atoms with Crippen LogP contribution in [0.2, 0.25) is 0 Å². The Bertz CT molecular complexity index is 654. The summed E-state index contributed by atoms with van der Waals surface area (Å²) in [4.78, 5) is 17.7. The van der Waals surface area contributed by atoms with E-state index in [1.807, 2.05) is 11.8 Å². The molecular weight excluding hydrogens is 255 g/mol. The third kappa shape index (κ3) is 2.19. The second kappa shape index (κ2) is 4.93. The first-order chi connectivity index (χ1) is 9.56. The fourth-order valence-corrected chi connectivity index (χ4v) is 2.95. The van der Waals surface area contributed by atoms with Gasteiger partial charge in [0, 0.05) is 29.7 Å². The van der Waals surface area contributed by atoms with Gasteiger partial charge >= 0.3 is 0 Å². The second-order valence-electron chi connectivity index (χ2n) is 5.79. The molecular formula is C16H19FN2O. The van der Waals surface area contributed by atoms with Crippen LogP contribution in [0.4, 0.5) is 4.39 Å². The van der Waals surface area contributed by atoms with Crippen LogP contribution in [0.3, 0.4) is 0 Å². The van der Waals surface area contributed by atoms with Gasteiger partial charge in [0.05, 0.1) is 5.56 Å². The fraction of sp³-hybridized carbons (Fsp3) is 0.438. The van der Waals surface area contributed by atoms with Crippen LogP contribution in [0.1, 0.15) is 35.8 Å². The third-order valence-corrected chi connectivity index (χ3v) is 4.23. The van der Waals surface area contributed by atoms with Crippen LogP contribution in [0.25, 0.3) is 10.9 Å². The number of likely N-dealkylation sites (tertiary alicyclic amines) is 1. The van der Waals surface area contributed by atoms with E-state index >= 15 is 0 Å². The molecule has 0 bridgehead atoms. The Balaban J connectivity index is 1.97. The molecule has 106 valence electrons. The first-order valence-electron chi connectivity index (χ1n) is 7.13. The molecule has 2 heterocycles. The monoisotopic (exact) mass is 274 g/mol. The molecule has 1 saturated heterocycles. The molecule has 1 amide bonds. The highest BCUT2D eigenvalue weighted by Crippen LogP contribution is 2.26. The summed E-state index contributed by atoms with van der Waals surface area (Å²) >= 11 is 0. The fourth-order valence-electron chi connectivity index (χ4n) is 2.95. The zero-order chi connectivity index (χ0) is 14.3. The number of nitrogens with one attached hydrogen (secondary N) is 1. The Labute approximate surface area is 117 Å². The van der Waals surface area contributed by atoms with Crippen LogP contribution in [-0.2, 0) is 0 Å². The molecule has 20 heavy (non-hydrogen) atoms. The first-order valence-corrected chi connectivity index (χ1v) is 7.13. The molecule has 0 atom stereocenters. The van der Waals surface area contributed by atoms with Crippen molar-refractivity contribution in [3.8, 4) is 0 Å². The van der Waals surface area contributed by atoms with E-state index in [1.165, 1.54) is 12.1 Å². The number of hydrogen-bond donors (Lipinski definition) is 1. The lowest BCUT2D eigenvalue weighted by Gasteiger charge is -2.30. The minimum absolute atomic E-state index is 0.0623. The van der Waals surface area contributed by atoms with Crippen molar-refractivity contribution in [3.63, 3.8) is 0 Å². The molecule has 3 rings (SSSR count). The Hall–Kier alpha value is -1.84. The first kappa shape index (κ1) is 13.2. The number of H-pyrrole nitrogens is 1. The average molecular weight is 274 g/mol. The molecule has 1 fully saturated rings. The van der Waals surface area contributed by atoms with E-state index in [2.05, 4.69) is 11.9 Å². The van der Waals surface area contributed by atoms with Gasteiger partial charge in [0.2, 0.25) is 0 Å². The lowest BCUT2D eigenvalue weighted by molar-refractivity contribution is 0.0698. The lowest BCUT2D eigenvalue weighted by atomic mass is 9.98. The van der Waals surface area contributed by atoms with Crippen LogP contribution in [0, 0.1) is 18.7 Å². The molecule has 1 aromatic heterocycles. The predicted molar refractivity (Wildman–Crippen MR) is 77.3 cm³/mol. The van der Waals surface area contributed by atoms with Gasteiger partial charge in [-0.3, -0.25) is 4.79 Å². The number of rotatable bonds is 1. The van der Waals surface area contributed by atoms with Gasteiger partial charge in [0.25, 0.3) is 5.91 Å². The van der Waals surface area contributed by atoms with Gasteiger partial charge < -0.3 is 9.88 Å². The van der Waals surface area contributed by atoms with Gasteiger partial charge in [0.1, 0.15) is 5.82 Å². The van der Waals surface area contributed by atoms with Crippen LogP contribution in [0.15, 0.2) is 18.2 Å². The van der Waals surface area contributed by atoms with Crippen molar-refractivity contribution in [1.29, 1.82) is 0 Å². The zero-order valence-corrected chi connectivity index (χ0v) is 11.9. The summed E-state index contributed by atoms with van der Waals surface area (Å²) in [6.45, 7) is 5.72. The Morgan fingerprint density at radius 1 is 1.35 bits per heavy atom. The van der Waals surface area contributed by atoms with Gasteiger partial charge in [0.15, 0.2) is 0 Å². The number of halogens is 1. The van der Waals surface area contributed by atoms with E-state index < -0.39 is 0 Å². The van der Waals surface area contributed by atoms with Crippen LogP contribution in [0.5, 0.6) is 0 Å². The molecule has 1 aliphatic heterocycles. The topological polar surface area (TPSA) is 36.1 Å². The van der Waals surface area contributed by atoms with Crippen LogP contribution >= 0.6 is 0 Å². The second-order valence-corrected chi connectivity index (χ2v) is 5.79. The normalized spacial score (nSPS) is 16.9. The van der Waals surface area contributed by atoms with E-state index in [0.717, 1.165) is 37.0 Å². The van der Waals surface area contributed by atoms with E-state index in [4.69, 9.17) is 0 Å². The van der Waals surface area contributed by atoms with Crippen molar-refractivity contribution < 1.29 is 9.18 Å². The number of aromatic amines is 1. The number of carbonyl (C=O) groups is 1. The summed E-state index contributed by atoms with van der Waals surface area (Å²) in [5.74, 6) is 0.467. The molecule has 1 aromatic carbocycles. The summed E-state index contributed by atoms with van der Waals surface area (Å²) in [6.07, 6.45) is 2.11. The Morgan fingerprint density at radius 2 is 2.05 bits per heavy atom. The molecule has 0 aliphatic carbocycles. The van der Waals surface area contributed by atoms with Crippen LogP contribution < -0.4 is 0 Å². The van der Waals surface area contributed by atoms with Gasteiger partial charge in [-0.2, -0.15) is 0 Å². The zero-order valence-electron chi connectivity index (χ0n) is 11.9. The highest BCUT2D eigenvalue weighted by Gasteiger charge is 2.25. The quantitative estimate of drug-likeness (QED) is 0.849. The molecule has 4 heteroatoms. The van der Waals surface area contributed by atoms with E-state index in [0.29, 0.717) is 17.0 Å². The predicted octanol–water partition coefficient (Wildman–Crippen LogP) is 3.49. The molecule has 0 saturated carbocycles. The van der Waals surface area contributed by atoms with Crippen molar-refractivity contribution in [2.45, 2.75) is 26.7 Å². The number of hydrogen-bond acceptors (Lipinski definition) is 1. The van der Waals surface area contributed by atoms with Gasteiger partial charge in [-0.1, -0.05) is 6.92 Å². The summed E-state index contributed by atoms with van der Waals surface area (Å²) in [7, 11) is 0. The van der Waals surface area contributed by atoms with E-state index in [-0.39, 0.29) is 11.7 Å². The maximum absolute atomic E-state index is 13.3. The maximum atomic E-state index is 13.3. The summed E-state index contributed by atoms with van der Waals surface area (Å²) in [5, 5.41) is 0.813. The number of benzene rings is 1. The van der Waals surface area contributed by atoms with Crippen molar-refractivity contribution in [2.24, 2.45) is 5.92 Å². The molecule has 2 aromatic rings. The number of nitrogens with zero attached hydrogens (tertiary/aromatic N) is 1. The highest BCUT2D eigenvalue weighted by atomic mass is 19.1. The molecule has 0 spiro atoms. The molecule has 0 radical (unpaired) electrons. The van der Waals surface area contributed by atoms with Gasteiger partial charge in [-0.15, -0.1) is 0 Å². The van der Waals surface area contributed by atoms with Crippen molar-refractivity contribution in [1.82, 2.24) is 9.88 Å². The standard InChI is InChI=1S/C16H19FN2O/c1-10-5-7-19(8-6-10)16(20)15-11(2)18-14-9-12(17)3-4-13(14)15/h3-4,9-10,18H,5-8H2,1-2H3. The largest absolute Gasteiger partial charge is 0.358 e. The molecule has 3 nitrogen and oxygen atoms in total. The molecule has 1 N–H and O–H groups in total. The van der Waals surface area contributed by atoms with Crippen molar-refractivity contribution in [2.75, 3.05) is 13.1 Å². The number of aromatic nitrogens is 1. The highest BCUT2D eigenvalue weighted by molar-refractivity contribution is 6.08.